The molecule has 0 spiro atoms. The zero-order valence-electron chi connectivity index (χ0n) is 23.0. The summed E-state index contributed by atoms with van der Waals surface area (Å²) >= 11 is 0. The topological polar surface area (TPSA) is 66.4 Å². The molecule has 210 valence electrons. The lowest BCUT2D eigenvalue weighted by molar-refractivity contribution is 0.107. The second-order valence-electron chi connectivity index (χ2n) is 11.5. The van der Waals surface area contributed by atoms with Crippen LogP contribution in [0.25, 0.3) is 32.9 Å². The van der Waals surface area contributed by atoms with Crippen molar-refractivity contribution >= 4 is 27.5 Å². The van der Waals surface area contributed by atoms with E-state index in [-0.39, 0.29) is 35.4 Å². The Bertz CT molecular complexity index is 1680. The summed E-state index contributed by atoms with van der Waals surface area (Å²) in [5, 5.41) is 5.59. The molecule has 7 rings (SSSR count). The normalized spacial score (nSPS) is 24.6. The summed E-state index contributed by atoms with van der Waals surface area (Å²) in [4.78, 5) is 18.4. The number of nitrogens with one attached hydrogen (secondary N) is 1. The van der Waals surface area contributed by atoms with Crippen molar-refractivity contribution in [2.45, 2.75) is 43.9 Å². The summed E-state index contributed by atoms with van der Waals surface area (Å²) in [5.41, 5.74) is 1.23. The predicted molar refractivity (Wildman–Crippen MR) is 156 cm³/mol. The van der Waals surface area contributed by atoms with E-state index in [9.17, 15) is 4.39 Å². The number of aromatic nitrogens is 3. The van der Waals surface area contributed by atoms with Crippen molar-refractivity contribution in [2.75, 3.05) is 44.2 Å². The van der Waals surface area contributed by atoms with E-state index in [0.29, 0.717) is 41.8 Å². The summed E-state index contributed by atoms with van der Waals surface area (Å²) in [6.07, 6.45) is 8.91. The number of hydrogen-bond acceptors (Lipinski definition) is 7. The van der Waals surface area contributed by atoms with E-state index in [1.54, 1.807) is 6.20 Å². The van der Waals surface area contributed by atoms with Gasteiger partial charge in [0.1, 0.15) is 29.8 Å². The van der Waals surface area contributed by atoms with Crippen molar-refractivity contribution in [3.8, 4) is 29.6 Å². The number of benzene rings is 2. The van der Waals surface area contributed by atoms with Crippen molar-refractivity contribution in [3.63, 3.8) is 0 Å². The number of pyridine rings is 1. The van der Waals surface area contributed by atoms with Crippen LogP contribution in [0.15, 0.2) is 42.6 Å². The fraction of sp³-hybridized carbons (Fsp3) is 0.406. The van der Waals surface area contributed by atoms with Crippen LogP contribution in [-0.2, 0) is 0 Å². The number of hydrogen-bond donors (Lipinski definition) is 1. The number of terminal acetylenes is 1. The molecular weight excluding hydrogens is 522 g/mol. The highest BCUT2D eigenvalue weighted by Crippen LogP contribution is 2.41. The summed E-state index contributed by atoms with van der Waals surface area (Å²) in [6.45, 7) is 5.92. The Hall–Kier alpha value is -3.87. The van der Waals surface area contributed by atoms with Crippen molar-refractivity contribution < 1.29 is 13.5 Å². The lowest BCUT2D eigenvalue weighted by Crippen LogP contribution is -2.50. The number of nitrogens with zero attached hydrogens (tertiary/aromatic N) is 5. The second kappa shape index (κ2) is 10.2. The van der Waals surface area contributed by atoms with Gasteiger partial charge >= 0.3 is 6.01 Å². The van der Waals surface area contributed by atoms with Crippen LogP contribution >= 0.6 is 0 Å². The van der Waals surface area contributed by atoms with Gasteiger partial charge in [-0.05, 0) is 37.8 Å². The van der Waals surface area contributed by atoms with E-state index >= 15 is 4.39 Å². The standard InChI is InChI=1S/C32H32F2N6O/c1-3-21-7-4-8-22-9-5-10-24(26(21)22)28-27(34)29-25(17-36-28)30(40-14-12-35-16-20(40)2)38-31(37-29)41-19-32-11-6-13-39(32)18-23(33)15-32/h1,4-5,7-10,17,20,23,35H,6,11-16,18-19H2,2H3/t20-,23+,32?/m0/s1. The Morgan fingerprint density at radius 2 is 2.05 bits per heavy atom. The summed E-state index contributed by atoms with van der Waals surface area (Å²) in [7, 11) is 0. The van der Waals surface area contributed by atoms with Gasteiger partial charge in [-0.2, -0.15) is 9.97 Å². The maximum absolute atomic E-state index is 16.6. The van der Waals surface area contributed by atoms with E-state index in [1.165, 1.54) is 0 Å². The van der Waals surface area contributed by atoms with Crippen LogP contribution in [0.3, 0.4) is 0 Å². The van der Waals surface area contributed by atoms with E-state index in [1.807, 2.05) is 36.4 Å². The molecule has 0 saturated carbocycles. The average Bonchev–Trinajstić information content (AvgIpc) is 3.51. The zero-order chi connectivity index (χ0) is 28.1. The van der Waals surface area contributed by atoms with Gasteiger partial charge < -0.3 is 15.0 Å². The fourth-order valence-electron chi connectivity index (χ4n) is 6.95. The van der Waals surface area contributed by atoms with Gasteiger partial charge in [-0.3, -0.25) is 9.88 Å². The Morgan fingerprint density at radius 1 is 1.20 bits per heavy atom. The molecule has 9 heteroatoms. The third kappa shape index (κ3) is 4.37. The van der Waals surface area contributed by atoms with Gasteiger partial charge in [0.25, 0.3) is 0 Å². The molecule has 0 radical (unpaired) electrons. The number of halogens is 2. The molecule has 3 aliphatic rings. The molecule has 1 unspecified atom stereocenters. The third-order valence-electron chi connectivity index (χ3n) is 8.96. The number of piperazine rings is 1. The molecule has 3 saturated heterocycles. The molecule has 7 nitrogen and oxygen atoms in total. The molecule has 3 atom stereocenters. The minimum absolute atomic E-state index is 0.0973. The molecule has 0 amide bonds. The average molecular weight is 555 g/mol. The Labute approximate surface area is 237 Å². The first-order chi connectivity index (χ1) is 20.0. The maximum atomic E-state index is 16.6. The monoisotopic (exact) mass is 554 g/mol. The molecule has 3 fully saturated rings. The van der Waals surface area contributed by atoms with E-state index < -0.39 is 12.0 Å². The fourth-order valence-corrected chi connectivity index (χ4v) is 6.95. The van der Waals surface area contributed by atoms with Gasteiger partial charge in [0.15, 0.2) is 5.82 Å². The Balaban J connectivity index is 1.36. The van der Waals surface area contributed by atoms with Crippen molar-refractivity contribution in [1.82, 2.24) is 25.2 Å². The number of ether oxygens (including phenoxy) is 1. The molecule has 4 aromatic rings. The van der Waals surface area contributed by atoms with Crippen molar-refractivity contribution in [3.05, 3.63) is 54.0 Å². The van der Waals surface area contributed by atoms with Crippen LogP contribution in [0.5, 0.6) is 6.01 Å². The Morgan fingerprint density at radius 3 is 2.88 bits per heavy atom. The highest BCUT2D eigenvalue weighted by atomic mass is 19.1. The van der Waals surface area contributed by atoms with Gasteiger partial charge in [0.2, 0.25) is 0 Å². The molecule has 0 bridgehead atoms. The Kier molecular flexibility index (Phi) is 6.48. The first-order valence-corrected chi connectivity index (χ1v) is 14.3. The zero-order valence-corrected chi connectivity index (χ0v) is 23.0. The first kappa shape index (κ1) is 26.1. The second-order valence-corrected chi connectivity index (χ2v) is 11.5. The summed E-state index contributed by atoms with van der Waals surface area (Å²) in [6, 6.07) is 11.6. The van der Waals surface area contributed by atoms with Crippen molar-refractivity contribution in [1.29, 1.82) is 0 Å². The molecule has 3 aliphatic heterocycles. The molecule has 2 aromatic heterocycles. The van der Waals surface area contributed by atoms with E-state index in [4.69, 9.17) is 16.1 Å². The molecule has 0 aliphatic carbocycles. The van der Waals surface area contributed by atoms with Gasteiger partial charge in [-0.25, -0.2) is 8.78 Å². The highest BCUT2D eigenvalue weighted by Gasteiger charge is 2.49. The third-order valence-corrected chi connectivity index (χ3v) is 8.96. The lowest BCUT2D eigenvalue weighted by atomic mass is 9.95. The van der Waals surface area contributed by atoms with E-state index in [0.717, 1.165) is 43.2 Å². The van der Waals surface area contributed by atoms with Gasteiger partial charge in [0.05, 0.1) is 10.9 Å². The van der Waals surface area contributed by atoms with E-state index in [2.05, 4.69) is 37.9 Å². The molecule has 41 heavy (non-hydrogen) atoms. The van der Waals surface area contributed by atoms with Crippen LogP contribution in [-0.4, -0.2) is 76.9 Å². The number of alkyl halides is 1. The minimum atomic E-state index is -0.867. The van der Waals surface area contributed by atoms with Crippen LogP contribution in [0.4, 0.5) is 14.6 Å². The molecular formula is C32H32F2N6O. The SMILES string of the molecule is C#Cc1cccc2cccc(-c3ncc4c(N5CCNC[C@@H]5C)nc(OCC56CCCN5C[C@H](F)C6)nc4c3F)c12. The largest absolute Gasteiger partial charge is 0.461 e. The molecule has 1 N–H and O–H groups in total. The quantitative estimate of drug-likeness (QED) is 0.358. The summed E-state index contributed by atoms with van der Waals surface area (Å²) < 4.78 is 37.2. The van der Waals surface area contributed by atoms with Crippen LogP contribution in [0.2, 0.25) is 0 Å². The highest BCUT2D eigenvalue weighted by molar-refractivity contribution is 6.02. The van der Waals surface area contributed by atoms with Gasteiger partial charge in [-0.1, -0.05) is 36.3 Å². The summed E-state index contributed by atoms with van der Waals surface area (Å²) in [5.74, 6) is 2.77. The maximum Gasteiger partial charge on any atom is 0.319 e. The van der Waals surface area contributed by atoms with Crippen LogP contribution in [0.1, 0.15) is 31.7 Å². The van der Waals surface area contributed by atoms with Crippen molar-refractivity contribution in [2.24, 2.45) is 0 Å². The molecule has 2 aromatic carbocycles. The van der Waals surface area contributed by atoms with Crippen LogP contribution < -0.4 is 15.0 Å². The minimum Gasteiger partial charge on any atom is -0.461 e. The smallest absolute Gasteiger partial charge is 0.319 e. The number of rotatable bonds is 5. The number of fused-ring (bicyclic) bond motifs is 3. The number of anilines is 1. The van der Waals surface area contributed by atoms with Crippen LogP contribution in [0, 0.1) is 18.2 Å². The predicted octanol–water partition coefficient (Wildman–Crippen LogP) is 4.72. The van der Waals surface area contributed by atoms with Gasteiger partial charge in [0, 0.05) is 61.4 Å². The van der Waals surface area contributed by atoms with Gasteiger partial charge in [-0.15, -0.1) is 6.42 Å². The lowest BCUT2D eigenvalue weighted by Gasteiger charge is -2.35. The first-order valence-electron chi connectivity index (χ1n) is 14.3. The molecule has 5 heterocycles.